The summed E-state index contributed by atoms with van der Waals surface area (Å²) in [5, 5.41) is 11.2. The number of piperazine rings is 1. The van der Waals surface area contributed by atoms with Crippen molar-refractivity contribution in [3.8, 4) is 0 Å². The van der Waals surface area contributed by atoms with Crippen molar-refractivity contribution in [2.75, 3.05) is 42.9 Å². The number of amides is 3. The normalized spacial score (nSPS) is 14.3. The molecule has 1 saturated heterocycles. The zero-order chi connectivity index (χ0) is 17.6. The number of aromatic nitrogens is 3. The van der Waals surface area contributed by atoms with E-state index in [1.165, 1.54) is 18.5 Å². The topological polar surface area (TPSA) is 106 Å². The van der Waals surface area contributed by atoms with Gasteiger partial charge in [-0.05, 0) is 24.3 Å². The molecule has 10 heteroatoms. The number of hydrogen-bond donors (Lipinski definition) is 3. The fourth-order valence-electron chi connectivity index (χ4n) is 2.53. The van der Waals surface area contributed by atoms with E-state index >= 15 is 0 Å². The zero-order valence-electron chi connectivity index (χ0n) is 13.4. The summed E-state index contributed by atoms with van der Waals surface area (Å²) >= 11 is 0. The molecule has 0 bridgehead atoms. The van der Waals surface area contributed by atoms with Crippen LogP contribution in [0.5, 0.6) is 0 Å². The van der Waals surface area contributed by atoms with Crippen molar-refractivity contribution in [1.82, 2.24) is 25.4 Å². The molecule has 1 fully saturated rings. The van der Waals surface area contributed by atoms with Gasteiger partial charge in [0.2, 0.25) is 11.9 Å². The van der Waals surface area contributed by atoms with Gasteiger partial charge in [0, 0.05) is 31.9 Å². The largest absolute Gasteiger partial charge is 0.368 e. The summed E-state index contributed by atoms with van der Waals surface area (Å²) in [4.78, 5) is 31.3. The Morgan fingerprint density at radius 3 is 2.52 bits per heavy atom. The van der Waals surface area contributed by atoms with E-state index < -0.39 is 5.91 Å². The van der Waals surface area contributed by atoms with Gasteiger partial charge >= 0.3 is 6.03 Å². The Bertz CT molecular complexity index is 712. The molecule has 0 spiro atoms. The number of anilines is 2. The van der Waals surface area contributed by atoms with Gasteiger partial charge < -0.3 is 15.1 Å². The van der Waals surface area contributed by atoms with E-state index in [0.717, 1.165) is 5.69 Å². The molecule has 132 valence electrons. The summed E-state index contributed by atoms with van der Waals surface area (Å²) in [6.45, 7) is 2.17. The number of H-pyrrole nitrogens is 1. The number of carbonyl (C=O) groups excluding carboxylic acids is 2. The third-order valence-electron chi connectivity index (χ3n) is 3.83. The standard InChI is InChI=1S/C15H18FN7O2/c16-11-1-3-12(4-2-11)22-5-7-23(8-6-22)15(25)17-9-13(24)20-14-18-10-19-21-14/h1-4,10H,5-9H2,(H,17,25)(H2,18,19,20,21,24). The third kappa shape index (κ3) is 4.43. The molecule has 9 nitrogen and oxygen atoms in total. The average molecular weight is 347 g/mol. The second kappa shape index (κ2) is 7.60. The van der Waals surface area contributed by atoms with Gasteiger partial charge in [0.15, 0.2) is 0 Å². The highest BCUT2D eigenvalue weighted by atomic mass is 19.1. The predicted molar refractivity (Wildman–Crippen MR) is 88.6 cm³/mol. The lowest BCUT2D eigenvalue weighted by molar-refractivity contribution is -0.115. The number of nitrogens with zero attached hydrogens (tertiary/aromatic N) is 4. The molecule has 25 heavy (non-hydrogen) atoms. The van der Waals surface area contributed by atoms with E-state index in [4.69, 9.17) is 0 Å². The van der Waals surface area contributed by atoms with E-state index in [1.54, 1.807) is 17.0 Å². The molecule has 3 N–H and O–H groups in total. The summed E-state index contributed by atoms with van der Waals surface area (Å²) in [6, 6.07) is 5.98. The van der Waals surface area contributed by atoms with Crippen molar-refractivity contribution >= 4 is 23.6 Å². The number of carbonyl (C=O) groups is 2. The lowest BCUT2D eigenvalue weighted by atomic mass is 10.2. The molecule has 0 unspecified atom stereocenters. The Labute approximate surface area is 143 Å². The number of benzene rings is 1. The van der Waals surface area contributed by atoms with Gasteiger partial charge in [0.25, 0.3) is 0 Å². The molecule has 0 atom stereocenters. The van der Waals surface area contributed by atoms with Gasteiger partial charge in [-0.2, -0.15) is 10.1 Å². The van der Waals surface area contributed by atoms with Gasteiger partial charge in [-0.1, -0.05) is 0 Å². The number of urea groups is 1. The fourth-order valence-corrected chi connectivity index (χ4v) is 2.53. The van der Waals surface area contributed by atoms with Crippen LogP contribution in [0, 0.1) is 5.82 Å². The van der Waals surface area contributed by atoms with E-state index in [-0.39, 0.29) is 24.3 Å². The van der Waals surface area contributed by atoms with Crippen LogP contribution < -0.4 is 15.5 Å². The minimum Gasteiger partial charge on any atom is -0.368 e. The van der Waals surface area contributed by atoms with Gasteiger partial charge in [0.1, 0.15) is 12.1 Å². The highest BCUT2D eigenvalue weighted by Gasteiger charge is 2.21. The van der Waals surface area contributed by atoms with Crippen LogP contribution >= 0.6 is 0 Å². The number of rotatable bonds is 4. The fraction of sp³-hybridized carbons (Fsp3) is 0.333. The van der Waals surface area contributed by atoms with Crippen molar-refractivity contribution in [3.63, 3.8) is 0 Å². The Morgan fingerprint density at radius 2 is 1.88 bits per heavy atom. The first kappa shape index (κ1) is 16.7. The maximum atomic E-state index is 13.0. The Morgan fingerprint density at radius 1 is 1.16 bits per heavy atom. The molecule has 0 saturated carbocycles. The molecule has 0 aliphatic carbocycles. The van der Waals surface area contributed by atoms with Crippen LogP contribution in [0.15, 0.2) is 30.6 Å². The lowest BCUT2D eigenvalue weighted by Gasteiger charge is -2.36. The van der Waals surface area contributed by atoms with E-state index in [0.29, 0.717) is 26.2 Å². The van der Waals surface area contributed by atoms with Crippen LogP contribution in [0.3, 0.4) is 0 Å². The maximum Gasteiger partial charge on any atom is 0.317 e. The molecule has 1 aliphatic rings. The minimum atomic E-state index is -0.393. The van der Waals surface area contributed by atoms with Gasteiger partial charge in [-0.15, -0.1) is 0 Å². The van der Waals surface area contributed by atoms with Crippen LogP contribution in [0.4, 0.5) is 20.8 Å². The second-order valence-corrected chi connectivity index (χ2v) is 5.49. The predicted octanol–water partition coefficient (Wildman–Crippen LogP) is 0.414. The summed E-state index contributed by atoms with van der Waals surface area (Å²) in [5.41, 5.74) is 0.924. The third-order valence-corrected chi connectivity index (χ3v) is 3.83. The lowest BCUT2D eigenvalue weighted by Crippen LogP contribution is -2.52. The maximum absolute atomic E-state index is 13.0. The summed E-state index contributed by atoms with van der Waals surface area (Å²) in [5.74, 6) is -0.437. The van der Waals surface area contributed by atoms with Crippen molar-refractivity contribution in [2.24, 2.45) is 0 Å². The molecule has 1 aromatic heterocycles. The van der Waals surface area contributed by atoms with E-state index in [2.05, 4.69) is 30.7 Å². The summed E-state index contributed by atoms with van der Waals surface area (Å²) in [7, 11) is 0. The second-order valence-electron chi connectivity index (χ2n) is 5.49. The van der Waals surface area contributed by atoms with Crippen LogP contribution in [0.2, 0.25) is 0 Å². The summed E-state index contributed by atoms with van der Waals surface area (Å²) < 4.78 is 13.0. The smallest absolute Gasteiger partial charge is 0.317 e. The van der Waals surface area contributed by atoms with Gasteiger partial charge in [-0.3, -0.25) is 10.1 Å². The van der Waals surface area contributed by atoms with E-state index in [1.807, 2.05) is 0 Å². The molecular formula is C15H18FN7O2. The molecular weight excluding hydrogens is 329 g/mol. The highest BCUT2D eigenvalue weighted by molar-refractivity contribution is 5.92. The first-order valence-electron chi connectivity index (χ1n) is 7.80. The summed E-state index contributed by atoms with van der Waals surface area (Å²) in [6.07, 6.45) is 1.27. The minimum absolute atomic E-state index is 0.155. The number of halogens is 1. The Balaban J connectivity index is 1.42. The van der Waals surface area contributed by atoms with Crippen molar-refractivity contribution in [3.05, 3.63) is 36.4 Å². The number of nitrogens with one attached hydrogen (secondary N) is 3. The monoisotopic (exact) mass is 347 g/mol. The first-order valence-corrected chi connectivity index (χ1v) is 7.80. The first-order chi connectivity index (χ1) is 12.1. The SMILES string of the molecule is O=C(CNC(=O)N1CCN(c2ccc(F)cc2)CC1)Nc1ncn[nH]1. The molecule has 1 aromatic carbocycles. The van der Waals surface area contributed by atoms with Crippen LogP contribution in [-0.2, 0) is 4.79 Å². The number of aromatic amines is 1. The molecule has 3 amide bonds. The highest BCUT2D eigenvalue weighted by Crippen LogP contribution is 2.16. The number of hydrogen-bond acceptors (Lipinski definition) is 5. The molecule has 1 aliphatic heterocycles. The van der Waals surface area contributed by atoms with Crippen LogP contribution in [-0.4, -0.2) is 64.7 Å². The zero-order valence-corrected chi connectivity index (χ0v) is 13.4. The molecule has 2 aromatic rings. The molecule has 3 rings (SSSR count). The Hall–Kier alpha value is -3.17. The van der Waals surface area contributed by atoms with Crippen molar-refractivity contribution in [1.29, 1.82) is 0 Å². The molecule has 0 radical (unpaired) electrons. The average Bonchev–Trinajstić information content (AvgIpc) is 3.13. The van der Waals surface area contributed by atoms with Gasteiger partial charge in [0.05, 0.1) is 6.54 Å². The van der Waals surface area contributed by atoms with Crippen molar-refractivity contribution in [2.45, 2.75) is 0 Å². The van der Waals surface area contributed by atoms with E-state index in [9.17, 15) is 14.0 Å². The van der Waals surface area contributed by atoms with Crippen LogP contribution in [0.1, 0.15) is 0 Å². The van der Waals surface area contributed by atoms with Gasteiger partial charge in [-0.25, -0.2) is 14.3 Å². The van der Waals surface area contributed by atoms with Crippen LogP contribution in [0.25, 0.3) is 0 Å². The van der Waals surface area contributed by atoms with Crippen molar-refractivity contribution < 1.29 is 14.0 Å². The Kier molecular flexibility index (Phi) is 5.07. The molecule has 2 heterocycles. The quantitative estimate of drug-likeness (QED) is 0.743.